The second kappa shape index (κ2) is 6.92. The number of aromatic nitrogens is 3. The summed E-state index contributed by atoms with van der Waals surface area (Å²) in [6.07, 6.45) is 2.43. The molecule has 1 heterocycles. The van der Waals surface area contributed by atoms with E-state index in [2.05, 4.69) is 58.1 Å². The van der Waals surface area contributed by atoms with Crippen molar-refractivity contribution in [1.82, 2.24) is 14.8 Å². The van der Waals surface area contributed by atoms with Crippen LogP contribution in [-0.2, 0) is 5.75 Å². The van der Waals surface area contributed by atoms with Crippen LogP contribution in [0, 0.1) is 6.92 Å². The lowest BCUT2D eigenvalue weighted by Gasteiger charge is -2.11. The zero-order valence-corrected chi connectivity index (χ0v) is 15.3. The van der Waals surface area contributed by atoms with Crippen LogP contribution in [0.4, 0.5) is 0 Å². The summed E-state index contributed by atoms with van der Waals surface area (Å²) in [5, 5.41) is 9.94. The Morgan fingerprint density at radius 1 is 1.12 bits per heavy atom. The molecule has 5 heteroatoms. The van der Waals surface area contributed by atoms with Crippen molar-refractivity contribution in [1.29, 1.82) is 0 Å². The quantitative estimate of drug-likeness (QED) is 0.601. The Balaban J connectivity index is 1.63. The topological polar surface area (TPSA) is 39.9 Å². The number of benzene rings is 2. The molecular weight excluding hydrogens is 330 g/mol. The normalized spacial score (nSPS) is 13.8. The van der Waals surface area contributed by atoms with Gasteiger partial charge in [0.05, 0.1) is 7.11 Å². The Morgan fingerprint density at radius 2 is 1.96 bits per heavy atom. The van der Waals surface area contributed by atoms with Crippen LogP contribution in [0.1, 0.15) is 35.7 Å². The first kappa shape index (κ1) is 16.2. The van der Waals surface area contributed by atoms with Gasteiger partial charge >= 0.3 is 0 Å². The summed E-state index contributed by atoms with van der Waals surface area (Å²) in [6, 6.07) is 16.7. The van der Waals surface area contributed by atoms with E-state index in [0.29, 0.717) is 5.92 Å². The minimum absolute atomic E-state index is 0.555. The standard InChI is InChI=1S/C20H21N3OS/c1-14-5-3-7-17(11-14)23-19(16-9-10-16)21-22-20(23)25-13-15-6-4-8-18(12-15)24-2/h3-8,11-12,16H,9-10,13H2,1-2H3. The van der Waals surface area contributed by atoms with Gasteiger partial charge in [-0.3, -0.25) is 4.57 Å². The predicted octanol–water partition coefficient (Wildman–Crippen LogP) is 4.75. The van der Waals surface area contributed by atoms with Gasteiger partial charge in [0.1, 0.15) is 11.6 Å². The van der Waals surface area contributed by atoms with Crippen LogP contribution in [0.15, 0.2) is 53.7 Å². The van der Waals surface area contributed by atoms with Crippen LogP contribution in [0.25, 0.3) is 5.69 Å². The second-order valence-corrected chi connectivity index (χ2v) is 7.37. The molecule has 0 amide bonds. The zero-order chi connectivity index (χ0) is 17.2. The highest BCUT2D eigenvalue weighted by Crippen LogP contribution is 2.41. The lowest BCUT2D eigenvalue weighted by atomic mass is 10.2. The molecule has 0 radical (unpaired) electrons. The van der Waals surface area contributed by atoms with Gasteiger partial charge in [-0.25, -0.2) is 0 Å². The molecule has 0 atom stereocenters. The van der Waals surface area contributed by atoms with Gasteiger partial charge in [0.25, 0.3) is 0 Å². The average Bonchev–Trinajstić information content (AvgIpc) is 3.39. The van der Waals surface area contributed by atoms with Gasteiger partial charge < -0.3 is 4.74 Å². The fourth-order valence-electron chi connectivity index (χ4n) is 2.90. The molecule has 1 aliphatic rings. The Kier molecular flexibility index (Phi) is 4.49. The Bertz CT molecular complexity index is 886. The summed E-state index contributed by atoms with van der Waals surface area (Å²) in [5.74, 6) is 3.38. The molecule has 128 valence electrons. The van der Waals surface area contributed by atoms with E-state index in [1.807, 2.05) is 12.1 Å². The fraction of sp³-hybridized carbons (Fsp3) is 0.300. The average molecular weight is 351 g/mol. The van der Waals surface area contributed by atoms with Crippen molar-refractivity contribution in [3.63, 3.8) is 0 Å². The number of nitrogens with zero attached hydrogens (tertiary/aromatic N) is 3. The number of rotatable bonds is 6. The second-order valence-electron chi connectivity index (χ2n) is 6.43. The van der Waals surface area contributed by atoms with E-state index in [1.165, 1.54) is 24.0 Å². The van der Waals surface area contributed by atoms with Crippen molar-refractivity contribution in [2.75, 3.05) is 7.11 Å². The van der Waals surface area contributed by atoms with Gasteiger partial charge in [0, 0.05) is 17.4 Å². The minimum atomic E-state index is 0.555. The van der Waals surface area contributed by atoms with Crippen LogP contribution in [-0.4, -0.2) is 21.9 Å². The molecule has 1 fully saturated rings. The highest BCUT2D eigenvalue weighted by Gasteiger charge is 2.31. The fourth-order valence-corrected chi connectivity index (χ4v) is 3.80. The molecule has 0 bridgehead atoms. The summed E-state index contributed by atoms with van der Waals surface area (Å²) in [7, 11) is 1.70. The molecule has 1 aromatic heterocycles. The zero-order valence-electron chi connectivity index (χ0n) is 14.5. The number of ether oxygens (including phenoxy) is 1. The Morgan fingerprint density at radius 3 is 2.72 bits per heavy atom. The highest BCUT2D eigenvalue weighted by atomic mass is 32.2. The number of hydrogen-bond donors (Lipinski definition) is 0. The maximum Gasteiger partial charge on any atom is 0.196 e. The lowest BCUT2D eigenvalue weighted by Crippen LogP contribution is -2.02. The summed E-state index contributed by atoms with van der Waals surface area (Å²) in [6.45, 7) is 2.12. The number of hydrogen-bond acceptors (Lipinski definition) is 4. The third kappa shape index (κ3) is 3.56. The SMILES string of the molecule is COc1cccc(CSc2nnc(C3CC3)n2-c2cccc(C)c2)c1. The van der Waals surface area contributed by atoms with Crippen molar-refractivity contribution in [3.05, 3.63) is 65.5 Å². The van der Waals surface area contributed by atoms with E-state index in [4.69, 9.17) is 4.74 Å². The molecule has 25 heavy (non-hydrogen) atoms. The van der Waals surface area contributed by atoms with Gasteiger partial charge in [-0.15, -0.1) is 10.2 Å². The Hall–Kier alpha value is -2.27. The van der Waals surface area contributed by atoms with Crippen molar-refractivity contribution in [2.45, 2.75) is 36.6 Å². The van der Waals surface area contributed by atoms with E-state index in [9.17, 15) is 0 Å². The van der Waals surface area contributed by atoms with Crippen LogP contribution in [0.5, 0.6) is 5.75 Å². The summed E-state index contributed by atoms with van der Waals surface area (Å²) >= 11 is 1.72. The van der Waals surface area contributed by atoms with Crippen LogP contribution in [0.3, 0.4) is 0 Å². The van der Waals surface area contributed by atoms with Crippen LogP contribution < -0.4 is 4.74 Å². The van der Waals surface area contributed by atoms with Gasteiger partial charge in [0.15, 0.2) is 5.16 Å². The number of aryl methyl sites for hydroxylation is 1. The van der Waals surface area contributed by atoms with E-state index < -0.39 is 0 Å². The van der Waals surface area contributed by atoms with Crippen molar-refractivity contribution >= 4 is 11.8 Å². The first-order valence-corrected chi connectivity index (χ1v) is 9.51. The Labute approximate surface area is 152 Å². The molecule has 0 saturated heterocycles. The molecular formula is C20H21N3OS. The third-order valence-corrected chi connectivity index (χ3v) is 5.36. The van der Waals surface area contributed by atoms with E-state index >= 15 is 0 Å². The molecule has 0 N–H and O–H groups in total. The molecule has 1 saturated carbocycles. The van der Waals surface area contributed by atoms with E-state index in [0.717, 1.165) is 28.2 Å². The lowest BCUT2D eigenvalue weighted by molar-refractivity contribution is 0.414. The van der Waals surface area contributed by atoms with Gasteiger partial charge in [-0.2, -0.15) is 0 Å². The first-order chi connectivity index (χ1) is 12.2. The molecule has 1 aliphatic carbocycles. The molecule has 0 spiro atoms. The van der Waals surface area contributed by atoms with Crippen LogP contribution >= 0.6 is 11.8 Å². The first-order valence-electron chi connectivity index (χ1n) is 8.52. The summed E-state index contributed by atoms with van der Waals surface area (Å²) < 4.78 is 7.55. The van der Waals surface area contributed by atoms with Crippen molar-refractivity contribution in [2.24, 2.45) is 0 Å². The summed E-state index contributed by atoms with van der Waals surface area (Å²) in [4.78, 5) is 0. The van der Waals surface area contributed by atoms with E-state index in [-0.39, 0.29) is 0 Å². The smallest absolute Gasteiger partial charge is 0.196 e. The minimum Gasteiger partial charge on any atom is -0.497 e. The van der Waals surface area contributed by atoms with Crippen molar-refractivity contribution < 1.29 is 4.74 Å². The molecule has 4 nitrogen and oxygen atoms in total. The van der Waals surface area contributed by atoms with Gasteiger partial charge in [0.2, 0.25) is 0 Å². The largest absolute Gasteiger partial charge is 0.497 e. The van der Waals surface area contributed by atoms with Crippen LogP contribution in [0.2, 0.25) is 0 Å². The number of methoxy groups -OCH3 is 1. The molecule has 0 aliphatic heterocycles. The monoisotopic (exact) mass is 351 g/mol. The predicted molar refractivity (Wildman–Crippen MR) is 101 cm³/mol. The van der Waals surface area contributed by atoms with Gasteiger partial charge in [-0.05, 0) is 55.2 Å². The maximum absolute atomic E-state index is 5.31. The molecule has 3 aromatic rings. The number of thioether (sulfide) groups is 1. The summed E-state index contributed by atoms with van der Waals surface area (Å²) in [5.41, 5.74) is 3.62. The van der Waals surface area contributed by atoms with Gasteiger partial charge in [-0.1, -0.05) is 36.0 Å². The molecule has 2 aromatic carbocycles. The maximum atomic E-state index is 5.31. The highest BCUT2D eigenvalue weighted by molar-refractivity contribution is 7.98. The van der Waals surface area contributed by atoms with Crippen molar-refractivity contribution in [3.8, 4) is 11.4 Å². The molecule has 0 unspecified atom stereocenters. The molecule has 4 rings (SSSR count). The van der Waals surface area contributed by atoms with E-state index in [1.54, 1.807) is 18.9 Å². The third-order valence-electron chi connectivity index (χ3n) is 4.36.